The van der Waals surface area contributed by atoms with Crippen LogP contribution in [0.15, 0.2) is 36.8 Å². The van der Waals surface area contributed by atoms with E-state index >= 15 is 0 Å². The van der Waals surface area contributed by atoms with Crippen LogP contribution in [0.3, 0.4) is 0 Å². The minimum Gasteiger partial charge on any atom is -0.478 e. The first-order valence-electron chi connectivity index (χ1n) is 15.1. The highest BCUT2D eigenvalue weighted by Gasteiger charge is 2.38. The monoisotopic (exact) mass is 590 g/mol. The third kappa shape index (κ3) is 10.6. The zero-order valence-electron chi connectivity index (χ0n) is 24.4. The molecule has 226 valence electrons. The Morgan fingerprint density at radius 3 is 2.34 bits per heavy atom. The first-order valence-corrected chi connectivity index (χ1v) is 15.5. The summed E-state index contributed by atoms with van der Waals surface area (Å²) in [4.78, 5) is 22.3. The molecule has 1 aliphatic carbocycles. The summed E-state index contributed by atoms with van der Waals surface area (Å²) in [7, 11) is 0. The maximum atomic E-state index is 13.6. The van der Waals surface area contributed by atoms with Crippen molar-refractivity contribution in [2.75, 3.05) is 13.1 Å². The molecule has 1 saturated carbocycles. The number of hydrogen-bond donors (Lipinski definition) is 3. The molecule has 9 heteroatoms. The number of carbonyl (C=O) groups is 1. The average molecular weight is 591 g/mol. The Hall–Kier alpha value is -2.58. The van der Waals surface area contributed by atoms with Crippen LogP contribution in [0.5, 0.6) is 0 Å². The number of fused-ring (bicyclic) bond motifs is 1. The van der Waals surface area contributed by atoms with E-state index in [0.29, 0.717) is 12.8 Å². The summed E-state index contributed by atoms with van der Waals surface area (Å²) in [6.07, 6.45) is 17.2. The lowest BCUT2D eigenvalue weighted by atomic mass is 9.76. The van der Waals surface area contributed by atoms with Gasteiger partial charge in [0, 0.05) is 54.8 Å². The van der Waals surface area contributed by atoms with E-state index in [0.717, 1.165) is 35.4 Å². The average Bonchev–Trinajstić information content (AvgIpc) is 3.43. The molecule has 1 atom stereocenters. The Balaban J connectivity index is 0.000000294. The van der Waals surface area contributed by atoms with Crippen molar-refractivity contribution in [3.8, 4) is 0 Å². The van der Waals surface area contributed by atoms with Gasteiger partial charge in [0.05, 0.1) is 10.6 Å². The van der Waals surface area contributed by atoms with Gasteiger partial charge in [0.2, 0.25) is 5.92 Å². The van der Waals surface area contributed by atoms with Gasteiger partial charge in [-0.2, -0.15) is 0 Å². The van der Waals surface area contributed by atoms with Gasteiger partial charge in [0.25, 0.3) is 0 Å². The van der Waals surface area contributed by atoms with Crippen LogP contribution in [0.25, 0.3) is 10.9 Å². The van der Waals surface area contributed by atoms with Crippen molar-refractivity contribution in [3.05, 3.63) is 58.8 Å². The molecule has 0 saturated heterocycles. The number of aromatic carboxylic acids is 1. The lowest BCUT2D eigenvalue weighted by Gasteiger charge is -2.34. The number of alkyl halides is 2. The second-order valence-corrected chi connectivity index (χ2v) is 11.6. The fourth-order valence-corrected chi connectivity index (χ4v) is 5.83. The standard InChI is InChI=1S/C23H39F2N3.C9H6ClNO2/c1-3-4-5-6-7-8-9-10-15-26-18-22(21-16-27-19(2)28-17-21)20-11-13-23(24,25)14-12-20;10-8-5-3-4-11-7(5)2-1-6(8)9(12)13/h16-17,20,22,26H,3-15,18H2,1-2H3;1-4,11H,(H,12,13). The minimum absolute atomic E-state index is 0.0128. The molecule has 0 spiro atoms. The molecule has 2 heterocycles. The van der Waals surface area contributed by atoms with Crippen LogP contribution in [-0.4, -0.2) is 45.0 Å². The molecule has 0 amide bonds. The number of halogens is 3. The number of aryl methyl sites for hydroxylation is 1. The van der Waals surface area contributed by atoms with Gasteiger partial charge < -0.3 is 15.4 Å². The lowest BCUT2D eigenvalue weighted by Crippen LogP contribution is -2.33. The maximum absolute atomic E-state index is 13.6. The zero-order chi connectivity index (χ0) is 29.7. The van der Waals surface area contributed by atoms with Crippen molar-refractivity contribution in [3.63, 3.8) is 0 Å². The van der Waals surface area contributed by atoms with Gasteiger partial charge in [-0.1, -0.05) is 63.5 Å². The second-order valence-electron chi connectivity index (χ2n) is 11.2. The topological polar surface area (TPSA) is 90.9 Å². The molecule has 3 N–H and O–H groups in total. The number of hydrogen-bond acceptors (Lipinski definition) is 4. The molecule has 3 aromatic rings. The van der Waals surface area contributed by atoms with Crippen LogP contribution < -0.4 is 5.32 Å². The van der Waals surface area contributed by atoms with Crippen LogP contribution in [0, 0.1) is 12.8 Å². The fourth-order valence-electron chi connectivity index (χ4n) is 5.52. The van der Waals surface area contributed by atoms with Crippen LogP contribution >= 0.6 is 11.6 Å². The van der Waals surface area contributed by atoms with Gasteiger partial charge in [-0.3, -0.25) is 0 Å². The van der Waals surface area contributed by atoms with Gasteiger partial charge in [0.15, 0.2) is 0 Å². The van der Waals surface area contributed by atoms with Crippen molar-refractivity contribution in [1.29, 1.82) is 0 Å². The molecular weight excluding hydrogens is 546 g/mol. The van der Waals surface area contributed by atoms with E-state index < -0.39 is 11.9 Å². The van der Waals surface area contributed by atoms with Crippen LogP contribution in [0.1, 0.15) is 112 Å². The highest BCUT2D eigenvalue weighted by Crippen LogP contribution is 2.42. The highest BCUT2D eigenvalue weighted by atomic mass is 35.5. The second kappa shape index (κ2) is 16.8. The molecule has 2 aromatic heterocycles. The Morgan fingerprint density at radius 2 is 1.71 bits per heavy atom. The summed E-state index contributed by atoms with van der Waals surface area (Å²) in [5.41, 5.74) is 2.06. The highest BCUT2D eigenvalue weighted by molar-refractivity contribution is 6.38. The predicted molar refractivity (Wildman–Crippen MR) is 162 cm³/mol. The SMILES string of the molecule is CCCCCCCCCCNCC(c1cnc(C)nc1)C1CCC(F)(F)CC1.O=C(O)c1ccc2[nH]ccc2c1Cl. The molecule has 6 nitrogen and oxygen atoms in total. The van der Waals surface area contributed by atoms with E-state index in [1.54, 1.807) is 18.3 Å². The molecule has 0 aliphatic heterocycles. The molecule has 1 aliphatic rings. The number of rotatable bonds is 14. The Kier molecular flexibility index (Phi) is 13.5. The summed E-state index contributed by atoms with van der Waals surface area (Å²) in [5, 5.41) is 13.4. The third-order valence-electron chi connectivity index (χ3n) is 8.03. The van der Waals surface area contributed by atoms with Gasteiger partial charge in [-0.05, 0) is 62.4 Å². The van der Waals surface area contributed by atoms with Crippen molar-refractivity contribution >= 4 is 28.5 Å². The molecular formula is C32H45ClF2N4O2. The maximum Gasteiger partial charge on any atom is 0.337 e. The molecule has 4 rings (SSSR count). The van der Waals surface area contributed by atoms with Gasteiger partial charge >= 0.3 is 5.97 Å². The number of carboxylic acid groups (broad SMARTS) is 1. The first kappa shape index (κ1) is 32.9. The number of nitrogens with zero attached hydrogens (tertiary/aromatic N) is 2. The summed E-state index contributed by atoms with van der Waals surface area (Å²) >= 11 is 5.88. The fraction of sp³-hybridized carbons (Fsp3) is 0.594. The van der Waals surface area contributed by atoms with E-state index in [9.17, 15) is 13.6 Å². The number of unbranched alkanes of at least 4 members (excludes halogenated alkanes) is 7. The van der Waals surface area contributed by atoms with Crippen LogP contribution in [0.2, 0.25) is 5.02 Å². The largest absolute Gasteiger partial charge is 0.478 e. The van der Waals surface area contributed by atoms with E-state index in [1.807, 2.05) is 19.3 Å². The summed E-state index contributed by atoms with van der Waals surface area (Å²) in [6.45, 7) is 5.96. The van der Waals surface area contributed by atoms with E-state index in [-0.39, 0.29) is 35.3 Å². The first-order chi connectivity index (χ1) is 19.7. The summed E-state index contributed by atoms with van der Waals surface area (Å²) in [6, 6.07) is 4.94. The number of nitrogens with one attached hydrogen (secondary N) is 2. The summed E-state index contributed by atoms with van der Waals surface area (Å²) in [5.74, 6) is -2.21. The van der Waals surface area contributed by atoms with Crippen molar-refractivity contribution < 1.29 is 18.7 Å². The van der Waals surface area contributed by atoms with Crippen LogP contribution in [-0.2, 0) is 0 Å². The van der Waals surface area contributed by atoms with E-state index in [1.165, 1.54) is 57.4 Å². The normalized spacial score (nSPS) is 15.8. The Morgan fingerprint density at radius 1 is 1.07 bits per heavy atom. The van der Waals surface area contributed by atoms with Crippen molar-refractivity contribution in [2.24, 2.45) is 5.92 Å². The lowest BCUT2D eigenvalue weighted by molar-refractivity contribution is -0.0485. The number of benzene rings is 1. The smallest absolute Gasteiger partial charge is 0.337 e. The molecule has 1 unspecified atom stereocenters. The number of aromatic amines is 1. The van der Waals surface area contributed by atoms with E-state index in [2.05, 4.69) is 27.2 Å². The van der Waals surface area contributed by atoms with Crippen LogP contribution in [0.4, 0.5) is 8.78 Å². The molecule has 1 fully saturated rings. The summed E-state index contributed by atoms with van der Waals surface area (Å²) < 4.78 is 27.2. The van der Waals surface area contributed by atoms with Crippen molar-refractivity contribution in [2.45, 2.75) is 103 Å². The molecule has 41 heavy (non-hydrogen) atoms. The minimum atomic E-state index is -2.48. The van der Waals surface area contributed by atoms with Gasteiger partial charge in [0.1, 0.15) is 5.82 Å². The van der Waals surface area contributed by atoms with Crippen molar-refractivity contribution in [1.82, 2.24) is 20.3 Å². The third-order valence-corrected chi connectivity index (χ3v) is 8.44. The molecule has 1 aromatic carbocycles. The Bertz CT molecular complexity index is 1190. The number of aromatic nitrogens is 3. The molecule has 0 bridgehead atoms. The Labute approximate surface area is 247 Å². The zero-order valence-corrected chi connectivity index (χ0v) is 25.2. The number of carboxylic acids is 1. The predicted octanol–water partition coefficient (Wildman–Crippen LogP) is 8.94. The number of H-pyrrole nitrogens is 1. The van der Waals surface area contributed by atoms with Gasteiger partial charge in [-0.25, -0.2) is 23.5 Å². The molecule has 0 radical (unpaired) electrons. The van der Waals surface area contributed by atoms with Gasteiger partial charge in [-0.15, -0.1) is 0 Å². The quantitative estimate of drug-likeness (QED) is 0.163. The van der Waals surface area contributed by atoms with E-state index in [4.69, 9.17) is 16.7 Å².